The van der Waals surface area contributed by atoms with Crippen LogP contribution in [0.3, 0.4) is 0 Å². The molecule has 0 saturated carbocycles. The van der Waals surface area contributed by atoms with Crippen molar-refractivity contribution in [2.75, 3.05) is 6.61 Å². The number of rotatable bonds is 5. The first-order chi connectivity index (χ1) is 9.67. The van der Waals surface area contributed by atoms with Crippen LogP contribution in [0.25, 0.3) is 0 Å². The Hall–Kier alpha value is 0.0938. The molecule has 1 aliphatic rings. The normalized spacial score (nSPS) is 24.1. The summed E-state index contributed by atoms with van der Waals surface area (Å²) in [5.41, 5.74) is 0. The van der Waals surface area contributed by atoms with Gasteiger partial charge in [0.05, 0.1) is 6.10 Å². The lowest BCUT2D eigenvalue weighted by molar-refractivity contribution is 0.121. The van der Waals surface area contributed by atoms with E-state index < -0.39 is 16.6 Å². The van der Waals surface area contributed by atoms with Crippen LogP contribution in [0.15, 0.2) is 12.2 Å². The van der Waals surface area contributed by atoms with E-state index in [0.717, 1.165) is 13.0 Å². The molecule has 0 bridgehead atoms. The maximum absolute atomic E-state index is 6.61. The molecule has 2 nitrogen and oxygen atoms in total. The summed E-state index contributed by atoms with van der Waals surface area (Å²) >= 11 is 0. The average Bonchev–Trinajstić information content (AvgIpc) is 2.70. The highest BCUT2D eigenvalue weighted by Crippen LogP contribution is 2.41. The fraction of sp³-hybridized carbons (Fsp3) is 0.889. The highest BCUT2D eigenvalue weighted by molar-refractivity contribution is 6.74. The topological polar surface area (TPSA) is 18.5 Å². The lowest BCUT2D eigenvalue weighted by atomic mass is 10.1. The number of hydrogen-bond acceptors (Lipinski definition) is 2. The van der Waals surface area contributed by atoms with Gasteiger partial charge in [0.1, 0.15) is 0 Å². The fourth-order valence-electron chi connectivity index (χ4n) is 2.03. The minimum absolute atomic E-state index is 0.241. The standard InChI is InChI=1S/C18H38O2Si2/c1-17(2,3)21(7,8)19-14-15-12-11-13-16(15)20-22(9,10)18(4,5)6/h11,13,15-16H,12,14H2,1-10H3/t15-,16+/m0/s1. The van der Waals surface area contributed by atoms with Crippen LogP contribution >= 0.6 is 0 Å². The number of hydrogen-bond donors (Lipinski definition) is 0. The molecule has 0 spiro atoms. The van der Waals surface area contributed by atoms with Gasteiger partial charge < -0.3 is 8.85 Å². The van der Waals surface area contributed by atoms with Gasteiger partial charge in [-0.2, -0.15) is 0 Å². The van der Waals surface area contributed by atoms with Gasteiger partial charge >= 0.3 is 0 Å². The molecule has 0 aromatic heterocycles. The maximum Gasteiger partial charge on any atom is 0.192 e. The van der Waals surface area contributed by atoms with Gasteiger partial charge in [-0.25, -0.2) is 0 Å². The minimum atomic E-state index is -1.72. The maximum atomic E-state index is 6.61. The molecular formula is C18H38O2Si2. The average molecular weight is 343 g/mol. The van der Waals surface area contributed by atoms with Crippen molar-refractivity contribution < 1.29 is 8.85 Å². The molecule has 0 fully saturated rings. The van der Waals surface area contributed by atoms with Gasteiger partial charge in [0.2, 0.25) is 0 Å². The van der Waals surface area contributed by atoms with E-state index in [9.17, 15) is 0 Å². The Morgan fingerprint density at radius 3 is 1.86 bits per heavy atom. The van der Waals surface area contributed by atoms with Crippen molar-refractivity contribution in [3.8, 4) is 0 Å². The quantitative estimate of drug-likeness (QED) is 0.452. The van der Waals surface area contributed by atoms with Gasteiger partial charge in [-0.3, -0.25) is 0 Å². The number of allylic oxidation sites excluding steroid dienone is 1. The summed E-state index contributed by atoms with van der Waals surface area (Å²) in [4.78, 5) is 0. The van der Waals surface area contributed by atoms with E-state index in [-0.39, 0.29) is 16.2 Å². The van der Waals surface area contributed by atoms with E-state index >= 15 is 0 Å². The first-order valence-corrected chi connectivity index (χ1v) is 14.5. The van der Waals surface area contributed by atoms with E-state index in [1.807, 2.05) is 0 Å². The Morgan fingerprint density at radius 2 is 1.41 bits per heavy atom. The van der Waals surface area contributed by atoms with Crippen molar-refractivity contribution >= 4 is 16.6 Å². The van der Waals surface area contributed by atoms with Crippen LogP contribution in [-0.2, 0) is 8.85 Å². The Balaban J connectivity index is 2.67. The molecule has 1 rings (SSSR count). The summed E-state index contributed by atoms with van der Waals surface area (Å²) in [5, 5.41) is 0.531. The monoisotopic (exact) mass is 342 g/mol. The molecule has 0 heterocycles. The van der Waals surface area contributed by atoms with Crippen LogP contribution < -0.4 is 0 Å². The smallest absolute Gasteiger partial charge is 0.192 e. The third kappa shape index (κ3) is 4.79. The summed E-state index contributed by atoms with van der Waals surface area (Å²) in [6.45, 7) is 24.0. The lowest BCUT2D eigenvalue weighted by Gasteiger charge is -2.41. The first kappa shape index (κ1) is 20.1. The van der Waals surface area contributed by atoms with E-state index in [0.29, 0.717) is 5.92 Å². The van der Waals surface area contributed by atoms with Gasteiger partial charge in [-0.15, -0.1) is 0 Å². The second kappa shape index (κ2) is 6.54. The Morgan fingerprint density at radius 1 is 0.909 bits per heavy atom. The zero-order chi connectivity index (χ0) is 17.4. The van der Waals surface area contributed by atoms with Crippen molar-refractivity contribution in [2.45, 2.75) is 90.3 Å². The summed E-state index contributed by atoms with van der Waals surface area (Å²) in [7, 11) is -3.39. The molecule has 0 amide bonds. The molecule has 0 aliphatic heterocycles. The third-order valence-corrected chi connectivity index (χ3v) is 14.9. The van der Waals surface area contributed by atoms with Crippen LogP contribution in [0.5, 0.6) is 0 Å². The molecule has 0 aromatic rings. The molecule has 0 saturated heterocycles. The molecule has 0 radical (unpaired) electrons. The minimum Gasteiger partial charge on any atom is -0.416 e. The second-order valence-corrected chi connectivity index (χ2v) is 19.4. The van der Waals surface area contributed by atoms with Crippen LogP contribution in [0.4, 0.5) is 0 Å². The van der Waals surface area contributed by atoms with E-state index in [4.69, 9.17) is 8.85 Å². The Bertz CT molecular complexity index is 400. The van der Waals surface area contributed by atoms with Gasteiger partial charge in [0.15, 0.2) is 16.6 Å². The van der Waals surface area contributed by atoms with E-state index in [2.05, 4.69) is 79.9 Å². The van der Waals surface area contributed by atoms with Gasteiger partial charge in [-0.1, -0.05) is 53.7 Å². The molecule has 0 N–H and O–H groups in total. The van der Waals surface area contributed by atoms with Crippen molar-refractivity contribution in [1.82, 2.24) is 0 Å². The Kier molecular flexibility index (Phi) is 5.98. The highest BCUT2D eigenvalue weighted by Gasteiger charge is 2.42. The van der Waals surface area contributed by atoms with Crippen LogP contribution in [0.2, 0.25) is 36.3 Å². The largest absolute Gasteiger partial charge is 0.416 e. The van der Waals surface area contributed by atoms with E-state index in [1.165, 1.54) is 0 Å². The second-order valence-electron chi connectivity index (χ2n) is 9.84. The van der Waals surface area contributed by atoms with E-state index in [1.54, 1.807) is 0 Å². The molecule has 0 unspecified atom stereocenters. The molecule has 0 aromatic carbocycles. The lowest BCUT2D eigenvalue weighted by Crippen LogP contribution is -2.46. The highest BCUT2D eigenvalue weighted by atomic mass is 28.4. The third-order valence-electron chi connectivity index (χ3n) is 5.93. The molecule has 1 aliphatic carbocycles. The van der Waals surface area contributed by atoms with Crippen LogP contribution in [0, 0.1) is 5.92 Å². The van der Waals surface area contributed by atoms with Gasteiger partial charge in [0.25, 0.3) is 0 Å². The zero-order valence-corrected chi connectivity index (χ0v) is 18.5. The molecular weight excluding hydrogens is 304 g/mol. The predicted octanol–water partition coefficient (Wildman–Crippen LogP) is 5.97. The first-order valence-electron chi connectivity index (χ1n) is 8.66. The predicted molar refractivity (Wildman–Crippen MR) is 102 cm³/mol. The van der Waals surface area contributed by atoms with Crippen LogP contribution in [-0.4, -0.2) is 29.3 Å². The molecule has 2 atom stereocenters. The van der Waals surface area contributed by atoms with Gasteiger partial charge in [-0.05, 0) is 42.7 Å². The Labute approximate surface area is 140 Å². The summed E-state index contributed by atoms with van der Waals surface area (Å²) in [6, 6.07) is 0. The molecule has 4 heteroatoms. The summed E-state index contributed by atoms with van der Waals surface area (Å²) in [5.74, 6) is 0.489. The summed E-state index contributed by atoms with van der Waals surface area (Å²) in [6.07, 6.45) is 5.87. The zero-order valence-electron chi connectivity index (χ0n) is 16.5. The summed E-state index contributed by atoms with van der Waals surface area (Å²) < 4.78 is 13.1. The van der Waals surface area contributed by atoms with Crippen molar-refractivity contribution in [2.24, 2.45) is 5.92 Å². The van der Waals surface area contributed by atoms with Crippen LogP contribution in [0.1, 0.15) is 48.0 Å². The van der Waals surface area contributed by atoms with Crippen molar-refractivity contribution in [3.05, 3.63) is 12.2 Å². The fourth-order valence-corrected chi connectivity index (χ4v) is 4.39. The SMILES string of the molecule is CC(C)(C)[Si](C)(C)OC[C@@H]1CC=C[C@H]1O[Si](C)(C)C(C)(C)C. The van der Waals surface area contributed by atoms with Crippen molar-refractivity contribution in [1.29, 1.82) is 0 Å². The molecule has 130 valence electrons. The van der Waals surface area contributed by atoms with Crippen molar-refractivity contribution in [3.63, 3.8) is 0 Å². The van der Waals surface area contributed by atoms with Gasteiger partial charge in [0, 0.05) is 12.5 Å². The molecule has 22 heavy (non-hydrogen) atoms.